The van der Waals surface area contributed by atoms with Crippen molar-refractivity contribution in [2.75, 3.05) is 20.8 Å². The Labute approximate surface area is 150 Å². The van der Waals surface area contributed by atoms with Gasteiger partial charge in [0.2, 0.25) is 0 Å². The highest BCUT2D eigenvalue weighted by Crippen LogP contribution is 2.28. The topological polar surface area (TPSA) is 71.1 Å². The minimum atomic E-state index is -0.644. The molecular weight excluding hydrogens is 343 g/mol. The van der Waals surface area contributed by atoms with E-state index in [1.165, 1.54) is 45.4 Å². The monoisotopic (exact) mass is 362 g/mol. The predicted octanol–water partition coefficient (Wildman–Crippen LogP) is 3.17. The first-order valence-corrected chi connectivity index (χ1v) is 7.74. The van der Waals surface area contributed by atoms with Crippen LogP contribution in [0.5, 0.6) is 17.2 Å². The van der Waals surface area contributed by atoms with E-state index in [1.807, 2.05) is 0 Å². The van der Waals surface area contributed by atoms with Crippen LogP contribution in [0.2, 0.25) is 0 Å². The van der Waals surface area contributed by atoms with Crippen LogP contribution in [0.1, 0.15) is 22.8 Å². The van der Waals surface area contributed by atoms with Gasteiger partial charge in [0, 0.05) is 11.1 Å². The lowest BCUT2D eigenvalue weighted by atomic mass is 10.1. The molecule has 0 aliphatic heterocycles. The molecule has 2 aromatic rings. The Balaban J connectivity index is 1.95. The van der Waals surface area contributed by atoms with Gasteiger partial charge >= 0.3 is 5.97 Å². The number of esters is 1. The number of rotatable bonds is 8. The van der Waals surface area contributed by atoms with Crippen molar-refractivity contribution in [1.29, 1.82) is 0 Å². The molecule has 0 aromatic heterocycles. The molecule has 26 heavy (non-hydrogen) atoms. The number of Topliss-reactive ketones (excluding diaryl/α,β-unsaturated/α-hetero) is 1. The zero-order chi connectivity index (χ0) is 19.1. The number of carbonyl (C=O) groups is 2. The summed E-state index contributed by atoms with van der Waals surface area (Å²) >= 11 is 0. The SMILES string of the molecule is COc1ccc(F)cc1COC(=O)COc1ccc(C(C)=O)cc1OC. The van der Waals surface area contributed by atoms with E-state index in [4.69, 9.17) is 18.9 Å². The fourth-order valence-electron chi connectivity index (χ4n) is 2.20. The van der Waals surface area contributed by atoms with Gasteiger partial charge in [0.15, 0.2) is 23.9 Å². The fraction of sp³-hybridized carbons (Fsp3) is 0.263. The number of ether oxygens (including phenoxy) is 4. The van der Waals surface area contributed by atoms with Crippen molar-refractivity contribution in [3.05, 3.63) is 53.3 Å². The summed E-state index contributed by atoms with van der Waals surface area (Å²) in [5.74, 6) is -0.160. The minimum Gasteiger partial charge on any atom is -0.496 e. The Hall–Kier alpha value is -3.09. The number of ketones is 1. The van der Waals surface area contributed by atoms with Crippen molar-refractivity contribution in [3.63, 3.8) is 0 Å². The van der Waals surface area contributed by atoms with Gasteiger partial charge in [-0.1, -0.05) is 0 Å². The lowest BCUT2D eigenvalue weighted by molar-refractivity contribution is -0.147. The molecule has 2 rings (SSSR count). The predicted molar refractivity (Wildman–Crippen MR) is 91.2 cm³/mol. The molecule has 0 fully saturated rings. The van der Waals surface area contributed by atoms with Crippen LogP contribution in [0.4, 0.5) is 4.39 Å². The van der Waals surface area contributed by atoms with Crippen molar-refractivity contribution < 1.29 is 32.9 Å². The van der Waals surface area contributed by atoms with E-state index < -0.39 is 11.8 Å². The lowest BCUT2D eigenvalue weighted by Gasteiger charge is -2.12. The zero-order valence-corrected chi connectivity index (χ0v) is 14.7. The minimum absolute atomic E-state index is 0.113. The van der Waals surface area contributed by atoms with Crippen molar-refractivity contribution in [1.82, 2.24) is 0 Å². The van der Waals surface area contributed by atoms with Crippen LogP contribution in [-0.4, -0.2) is 32.6 Å². The van der Waals surface area contributed by atoms with Gasteiger partial charge in [-0.15, -0.1) is 0 Å². The standard InChI is InChI=1S/C19H19FO6/c1-12(21)13-4-6-17(18(9-13)24-3)25-11-19(22)26-10-14-8-15(20)5-7-16(14)23-2/h4-9H,10-11H2,1-3H3. The molecule has 0 saturated heterocycles. The number of halogens is 1. The maximum absolute atomic E-state index is 13.3. The zero-order valence-electron chi connectivity index (χ0n) is 14.7. The Kier molecular flexibility index (Phi) is 6.54. The van der Waals surface area contributed by atoms with Gasteiger partial charge in [-0.3, -0.25) is 4.79 Å². The fourth-order valence-corrected chi connectivity index (χ4v) is 2.20. The Morgan fingerprint density at radius 1 is 0.962 bits per heavy atom. The van der Waals surface area contributed by atoms with Crippen LogP contribution in [0.3, 0.4) is 0 Å². The molecule has 0 unspecified atom stereocenters. The van der Waals surface area contributed by atoms with Crippen LogP contribution >= 0.6 is 0 Å². The highest BCUT2D eigenvalue weighted by atomic mass is 19.1. The smallest absolute Gasteiger partial charge is 0.344 e. The van der Waals surface area contributed by atoms with Crippen molar-refractivity contribution in [2.24, 2.45) is 0 Å². The third-order valence-electron chi connectivity index (χ3n) is 3.55. The van der Waals surface area contributed by atoms with E-state index in [-0.39, 0.29) is 19.0 Å². The highest BCUT2D eigenvalue weighted by molar-refractivity contribution is 5.94. The summed E-state index contributed by atoms with van der Waals surface area (Å²) in [6, 6.07) is 8.58. The van der Waals surface area contributed by atoms with E-state index in [9.17, 15) is 14.0 Å². The maximum atomic E-state index is 13.3. The molecule has 0 saturated carbocycles. The van der Waals surface area contributed by atoms with Gasteiger partial charge in [0.1, 0.15) is 18.2 Å². The molecule has 0 aliphatic carbocycles. The molecule has 2 aromatic carbocycles. The Morgan fingerprint density at radius 2 is 1.65 bits per heavy atom. The molecule has 138 valence electrons. The van der Waals surface area contributed by atoms with Crippen molar-refractivity contribution in [2.45, 2.75) is 13.5 Å². The van der Waals surface area contributed by atoms with Gasteiger partial charge < -0.3 is 18.9 Å². The normalized spacial score (nSPS) is 10.2. The first-order chi connectivity index (χ1) is 12.4. The molecule has 0 radical (unpaired) electrons. The first-order valence-electron chi connectivity index (χ1n) is 7.74. The molecule has 7 heteroatoms. The van der Waals surface area contributed by atoms with Crippen LogP contribution in [0, 0.1) is 5.82 Å². The quantitative estimate of drug-likeness (QED) is 0.531. The molecule has 0 atom stereocenters. The van der Waals surface area contributed by atoms with Crippen LogP contribution in [0.15, 0.2) is 36.4 Å². The summed E-state index contributed by atoms with van der Waals surface area (Å²) in [5, 5.41) is 0. The van der Waals surface area contributed by atoms with Crippen LogP contribution in [0.25, 0.3) is 0 Å². The average molecular weight is 362 g/mol. The number of hydrogen-bond donors (Lipinski definition) is 0. The maximum Gasteiger partial charge on any atom is 0.344 e. The van der Waals surface area contributed by atoms with E-state index in [1.54, 1.807) is 12.1 Å². The summed E-state index contributed by atoms with van der Waals surface area (Å²) in [7, 11) is 2.87. The number of hydrogen-bond acceptors (Lipinski definition) is 6. The van der Waals surface area contributed by atoms with Gasteiger partial charge in [0.05, 0.1) is 14.2 Å². The summed E-state index contributed by atoms with van der Waals surface area (Å²) < 4.78 is 34.0. The van der Waals surface area contributed by atoms with Gasteiger partial charge in [-0.05, 0) is 43.3 Å². The second-order valence-corrected chi connectivity index (χ2v) is 5.33. The largest absolute Gasteiger partial charge is 0.496 e. The summed E-state index contributed by atoms with van der Waals surface area (Å²) in [4.78, 5) is 23.3. The third-order valence-corrected chi connectivity index (χ3v) is 3.55. The average Bonchev–Trinajstić information content (AvgIpc) is 2.64. The van der Waals surface area contributed by atoms with Gasteiger partial charge in [-0.25, -0.2) is 9.18 Å². The number of methoxy groups -OCH3 is 2. The summed E-state index contributed by atoms with van der Waals surface area (Å²) in [6.45, 7) is 0.921. The molecule has 0 aliphatic rings. The molecule has 0 N–H and O–H groups in total. The highest BCUT2D eigenvalue weighted by Gasteiger charge is 2.12. The van der Waals surface area contributed by atoms with Crippen molar-refractivity contribution >= 4 is 11.8 Å². The molecule has 6 nitrogen and oxygen atoms in total. The lowest BCUT2D eigenvalue weighted by Crippen LogP contribution is -2.15. The van der Waals surface area contributed by atoms with Gasteiger partial charge in [-0.2, -0.15) is 0 Å². The van der Waals surface area contributed by atoms with Crippen molar-refractivity contribution in [3.8, 4) is 17.2 Å². The van der Waals surface area contributed by atoms with E-state index in [0.29, 0.717) is 28.4 Å². The van der Waals surface area contributed by atoms with E-state index >= 15 is 0 Å². The third kappa shape index (κ3) is 4.95. The molecule has 0 heterocycles. The molecule has 0 spiro atoms. The van der Waals surface area contributed by atoms with E-state index in [0.717, 1.165) is 0 Å². The van der Waals surface area contributed by atoms with Crippen LogP contribution < -0.4 is 14.2 Å². The Bertz CT molecular complexity index is 803. The first kappa shape index (κ1) is 19.2. The molecule has 0 amide bonds. The molecular formula is C19H19FO6. The van der Waals surface area contributed by atoms with Crippen LogP contribution in [-0.2, 0) is 16.1 Å². The van der Waals surface area contributed by atoms with E-state index in [2.05, 4.69) is 0 Å². The second-order valence-electron chi connectivity index (χ2n) is 5.33. The molecule has 0 bridgehead atoms. The van der Waals surface area contributed by atoms with Gasteiger partial charge in [0.25, 0.3) is 0 Å². The summed E-state index contributed by atoms with van der Waals surface area (Å²) in [5.41, 5.74) is 0.874. The number of carbonyl (C=O) groups excluding carboxylic acids is 2. The second kappa shape index (κ2) is 8.84. The number of benzene rings is 2. The summed E-state index contributed by atoms with van der Waals surface area (Å²) in [6.07, 6.45) is 0. The Morgan fingerprint density at radius 3 is 2.31 bits per heavy atom.